The minimum Gasteiger partial charge on any atom is -0.342 e. The highest BCUT2D eigenvalue weighted by molar-refractivity contribution is 5.79. The van der Waals surface area contributed by atoms with Crippen LogP contribution in [0.2, 0.25) is 0 Å². The smallest absolute Gasteiger partial charge is 0.225 e. The van der Waals surface area contributed by atoms with Crippen molar-refractivity contribution in [2.75, 3.05) is 13.1 Å². The maximum absolute atomic E-state index is 13.4. The first kappa shape index (κ1) is 18.0. The third-order valence-corrected chi connectivity index (χ3v) is 7.10. The molecule has 2 N–H and O–H groups in total. The summed E-state index contributed by atoms with van der Waals surface area (Å²) in [6.07, 6.45) is 8.67. The third kappa shape index (κ3) is 3.80. The number of nitrogens with two attached hydrogens (primary N) is 1. The summed E-state index contributed by atoms with van der Waals surface area (Å²) in [5.74, 6) is 2.09. The average molecular weight is 359 g/mol. The predicted molar refractivity (Wildman–Crippen MR) is 101 cm³/mol. The molecule has 3 aliphatic rings. The van der Waals surface area contributed by atoms with Gasteiger partial charge < -0.3 is 10.6 Å². The number of nitrogens with zero attached hydrogens (tertiary/aromatic N) is 1. The van der Waals surface area contributed by atoms with Crippen molar-refractivity contribution in [2.24, 2.45) is 29.4 Å². The number of hydrogen-bond donors (Lipinski definition) is 1. The Hall–Kier alpha value is -1.42. The lowest BCUT2D eigenvalue weighted by Crippen LogP contribution is -2.50. The van der Waals surface area contributed by atoms with Crippen LogP contribution in [0.25, 0.3) is 0 Å². The molecular weight excluding hydrogens is 327 g/mol. The summed E-state index contributed by atoms with van der Waals surface area (Å²) in [7, 11) is 0. The average Bonchev–Trinajstić information content (AvgIpc) is 2.62. The first-order valence-corrected chi connectivity index (χ1v) is 10.4. The zero-order valence-corrected chi connectivity index (χ0v) is 15.6. The fourth-order valence-electron chi connectivity index (χ4n) is 5.60. The minimum atomic E-state index is -0.156. The zero-order chi connectivity index (χ0) is 18.1. The number of hydrogen-bond acceptors (Lipinski definition) is 2. The summed E-state index contributed by atoms with van der Waals surface area (Å²) in [5.41, 5.74) is 7.45. The van der Waals surface area contributed by atoms with Crippen LogP contribution in [0.15, 0.2) is 24.3 Å². The number of carbonyl (C=O) groups is 1. The van der Waals surface area contributed by atoms with Gasteiger partial charge in [-0.2, -0.15) is 0 Å². The van der Waals surface area contributed by atoms with Crippen LogP contribution in [-0.4, -0.2) is 29.9 Å². The van der Waals surface area contributed by atoms with E-state index < -0.39 is 0 Å². The lowest BCUT2D eigenvalue weighted by molar-refractivity contribution is -0.140. The SMILES string of the molecule is NC1C2CCCC1CC(C(=O)N1CCC(Cc3cccc(F)c3)CC1)C2. The third-order valence-electron chi connectivity index (χ3n) is 7.10. The van der Waals surface area contributed by atoms with Crippen LogP contribution < -0.4 is 5.73 Å². The number of rotatable bonds is 3. The van der Waals surface area contributed by atoms with E-state index in [1.165, 1.54) is 25.3 Å². The molecule has 3 nitrogen and oxygen atoms in total. The van der Waals surface area contributed by atoms with Gasteiger partial charge in [-0.1, -0.05) is 18.6 Å². The number of fused-ring (bicyclic) bond motifs is 2. The Balaban J connectivity index is 1.30. The highest BCUT2D eigenvalue weighted by atomic mass is 19.1. The lowest BCUT2D eigenvalue weighted by Gasteiger charge is -2.45. The van der Waals surface area contributed by atoms with E-state index in [0.717, 1.165) is 50.8 Å². The molecule has 4 heteroatoms. The number of likely N-dealkylation sites (tertiary alicyclic amines) is 1. The number of halogens is 1. The molecule has 142 valence electrons. The molecule has 2 aliphatic carbocycles. The van der Waals surface area contributed by atoms with Crippen molar-refractivity contribution in [2.45, 2.75) is 57.4 Å². The zero-order valence-electron chi connectivity index (χ0n) is 15.6. The Labute approximate surface area is 156 Å². The summed E-state index contributed by atoms with van der Waals surface area (Å²) in [6, 6.07) is 7.25. The minimum absolute atomic E-state index is 0.156. The van der Waals surface area contributed by atoms with Gasteiger partial charge in [-0.25, -0.2) is 4.39 Å². The molecule has 2 bridgehead atoms. The molecule has 1 aromatic rings. The first-order chi connectivity index (χ1) is 12.6. The van der Waals surface area contributed by atoms with Crippen LogP contribution in [-0.2, 0) is 11.2 Å². The molecule has 0 aromatic heterocycles. The molecule has 2 saturated carbocycles. The largest absolute Gasteiger partial charge is 0.342 e. The second-order valence-electron chi connectivity index (χ2n) is 8.80. The van der Waals surface area contributed by atoms with Crippen LogP contribution in [0.3, 0.4) is 0 Å². The predicted octanol–water partition coefficient (Wildman–Crippen LogP) is 3.76. The Kier molecular flexibility index (Phi) is 5.30. The topological polar surface area (TPSA) is 46.3 Å². The molecule has 0 radical (unpaired) electrons. The Bertz CT molecular complexity index is 627. The van der Waals surface area contributed by atoms with E-state index in [4.69, 9.17) is 5.73 Å². The highest BCUT2D eigenvalue weighted by Crippen LogP contribution is 2.42. The molecule has 1 amide bonds. The van der Waals surface area contributed by atoms with Crippen LogP contribution in [0.5, 0.6) is 0 Å². The summed E-state index contributed by atoms with van der Waals surface area (Å²) in [5, 5.41) is 0. The van der Waals surface area contributed by atoms with Gasteiger partial charge in [-0.05, 0) is 80.4 Å². The van der Waals surface area contributed by atoms with Gasteiger partial charge in [0.25, 0.3) is 0 Å². The van der Waals surface area contributed by atoms with Gasteiger partial charge in [0.1, 0.15) is 5.82 Å². The van der Waals surface area contributed by atoms with Crippen LogP contribution in [0.4, 0.5) is 4.39 Å². The Morgan fingerprint density at radius 1 is 1.12 bits per heavy atom. The maximum Gasteiger partial charge on any atom is 0.225 e. The maximum atomic E-state index is 13.4. The first-order valence-electron chi connectivity index (χ1n) is 10.4. The van der Waals surface area contributed by atoms with E-state index in [9.17, 15) is 9.18 Å². The monoisotopic (exact) mass is 358 g/mol. The fraction of sp³-hybridized carbons (Fsp3) is 0.682. The van der Waals surface area contributed by atoms with Gasteiger partial charge in [-0.15, -0.1) is 0 Å². The van der Waals surface area contributed by atoms with Gasteiger partial charge in [0, 0.05) is 25.0 Å². The quantitative estimate of drug-likeness (QED) is 0.894. The summed E-state index contributed by atoms with van der Waals surface area (Å²) >= 11 is 0. The number of amides is 1. The molecule has 0 spiro atoms. The van der Waals surface area contributed by atoms with Crippen LogP contribution in [0, 0.1) is 29.5 Å². The van der Waals surface area contributed by atoms with Crippen molar-refractivity contribution in [1.29, 1.82) is 0 Å². The van der Waals surface area contributed by atoms with Crippen molar-refractivity contribution < 1.29 is 9.18 Å². The van der Waals surface area contributed by atoms with E-state index in [2.05, 4.69) is 4.90 Å². The molecule has 2 unspecified atom stereocenters. The summed E-state index contributed by atoms with van der Waals surface area (Å²) in [4.78, 5) is 15.1. The van der Waals surface area contributed by atoms with Gasteiger partial charge in [0.05, 0.1) is 0 Å². The van der Waals surface area contributed by atoms with E-state index in [-0.39, 0.29) is 11.7 Å². The van der Waals surface area contributed by atoms with Gasteiger partial charge in [0.15, 0.2) is 0 Å². The van der Waals surface area contributed by atoms with Crippen molar-refractivity contribution in [3.63, 3.8) is 0 Å². The molecule has 2 atom stereocenters. The second kappa shape index (κ2) is 7.67. The molecule has 1 saturated heterocycles. The highest BCUT2D eigenvalue weighted by Gasteiger charge is 2.41. The summed E-state index contributed by atoms with van der Waals surface area (Å²) < 4.78 is 13.4. The number of benzene rings is 1. The van der Waals surface area contributed by atoms with E-state index >= 15 is 0 Å². The standard InChI is InChI=1S/C22H31FN2O/c23-20-6-1-3-16(12-20)11-15-7-9-25(10-8-15)22(26)19-13-17-4-2-5-18(14-19)21(17)24/h1,3,6,12,15,17-19,21H,2,4-5,7-11,13-14,24H2. The second-order valence-corrected chi connectivity index (χ2v) is 8.80. The molecule has 26 heavy (non-hydrogen) atoms. The van der Waals surface area contributed by atoms with E-state index in [0.29, 0.717) is 29.7 Å². The number of carbonyl (C=O) groups excluding carboxylic acids is 1. The molecule has 4 rings (SSSR count). The molecule has 1 aromatic carbocycles. The number of piperidine rings is 1. The van der Waals surface area contributed by atoms with Gasteiger partial charge in [0.2, 0.25) is 5.91 Å². The van der Waals surface area contributed by atoms with Crippen molar-refractivity contribution in [3.05, 3.63) is 35.6 Å². The molecule has 1 aliphatic heterocycles. The lowest BCUT2D eigenvalue weighted by atomic mass is 9.65. The normalized spacial score (nSPS) is 32.5. The molecular formula is C22H31FN2O. The van der Waals surface area contributed by atoms with Crippen LogP contribution in [0.1, 0.15) is 50.5 Å². The Morgan fingerprint density at radius 3 is 2.46 bits per heavy atom. The molecule has 1 heterocycles. The van der Waals surface area contributed by atoms with Crippen molar-refractivity contribution >= 4 is 5.91 Å². The summed E-state index contributed by atoms with van der Waals surface area (Å²) in [6.45, 7) is 1.72. The van der Waals surface area contributed by atoms with Crippen molar-refractivity contribution in [3.8, 4) is 0 Å². The Morgan fingerprint density at radius 2 is 1.81 bits per heavy atom. The molecule has 3 fully saturated rings. The van der Waals surface area contributed by atoms with E-state index in [1.807, 2.05) is 6.07 Å². The fourth-order valence-corrected chi connectivity index (χ4v) is 5.60. The van der Waals surface area contributed by atoms with Crippen molar-refractivity contribution in [1.82, 2.24) is 4.90 Å². The van der Waals surface area contributed by atoms with Gasteiger partial charge in [-0.3, -0.25) is 4.79 Å². The van der Waals surface area contributed by atoms with Gasteiger partial charge >= 0.3 is 0 Å². The van der Waals surface area contributed by atoms with E-state index in [1.54, 1.807) is 12.1 Å². The van der Waals surface area contributed by atoms with Crippen LogP contribution >= 0.6 is 0 Å².